The van der Waals surface area contributed by atoms with E-state index in [9.17, 15) is 9.36 Å². The second kappa shape index (κ2) is 4.52. The summed E-state index contributed by atoms with van der Waals surface area (Å²) in [5, 5.41) is 8.27. The number of carboxylic acids is 1. The zero-order chi connectivity index (χ0) is 8.91. The lowest BCUT2D eigenvalue weighted by atomic mass is 10.5. The molecule has 66 valence electrons. The zero-order valence-corrected chi connectivity index (χ0v) is 7.63. The molecule has 0 aliphatic carbocycles. The molecule has 0 heterocycles. The third kappa shape index (κ3) is 6.07. The number of hydrogen-bond acceptors (Lipinski definition) is 3. The van der Waals surface area contributed by atoms with E-state index >= 15 is 0 Å². The Hall–Kier alpha value is -0.340. The van der Waals surface area contributed by atoms with Crippen molar-refractivity contribution < 1.29 is 19.0 Å². The lowest BCUT2D eigenvalue weighted by Crippen LogP contribution is -2.01. The normalized spacial score (nSPS) is 15.8. The molecule has 0 aromatic rings. The molecule has 0 fully saturated rings. The van der Waals surface area contributed by atoms with E-state index in [1.54, 1.807) is 6.92 Å². The van der Waals surface area contributed by atoms with E-state index in [0.717, 1.165) is 0 Å². The Labute approximate surface area is 66.0 Å². The highest BCUT2D eigenvalue weighted by Crippen LogP contribution is 2.42. The molecule has 0 aromatic carbocycles. The second-order valence-corrected chi connectivity index (χ2v) is 5.03. The van der Waals surface area contributed by atoms with Crippen LogP contribution in [0.4, 0.5) is 0 Å². The average molecular weight is 180 g/mol. The fourth-order valence-corrected chi connectivity index (χ4v) is 1.91. The van der Waals surface area contributed by atoms with Crippen molar-refractivity contribution in [2.75, 3.05) is 19.4 Å². The van der Waals surface area contributed by atoms with Crippen LogP contribution in [0.1, 0.15) is 13.3 Å². The summed E-state index contributed by atoms with van der Waals surface area (Å²) in [6, 6.07) is 0. The van der Waals surface area contributed by atoms with Crippen LogP contribution in [0.5, 0.6) is 0 Å². The minimum absolute atomic E-state index is 0.0895. The van der Waals surface area contributed by atoms with Gasteiger partial charge in [0.05, 0.1) is 13.0 Å². The van der Waals surface area contributed by atoms with Crippen LogP contribution in [-0.4, -0.2) is 30.5 Å². The Morgan fingerprint density at radius 1 is 1.64 bits per heavy atom. The van der Waals surface area contributed by atoms with Crippen LogP contribution in [0.2, 0.25) is 0 Å². The van der Waals surface area contributed by atoms with Crippen molar-refractivity contribution in [2.24, 2.45) is 0 Å². The van der Waals surface area contributed by atoms with Crippen molar-refractivity contribution in [1.29, 1.82) is 0 Å². The van der Waals surface area contributed by atoms with Gasteiger partial charge in [-0.1, -0.05) is 0 Å². The van der Waals surface area contributed by atoms with Crippen LogP contribution in [0.3, 0.4) is 0 Å². The Kier molecular flexibility index (Phi) is 4.38. The first-order valence-corrected chi connectivity index (χ1v) is 5.66. The van der Waals surface area contributed by atoms with Crippen molar-refractivity contribution in [2.45, 2.75) is 13.3 Å². The van der Waals surface area contributed by atoms with Gasteiger partial charge in [0.25, 0.3) is 0 Å². The van der Waals surface area contributed by atoms with E-state index in [0.29, 0.717) is 6.61 Å². The number of carbonyl (C=O) groups is 1. The number of hydrogen-bond donors (Lipinski definition) is 1. The molecule has 1 atom stereocenters. The van der Waals surface area contributed by atoms with Gasteiger partial charge in [0.2, 0.25) is 7.37 Å². The van der Waals surface area contributed by atoms with Crippen LogP contribution in [0.15, 0.2) is 0 Å². The molecule has 11 heavy (non-hydrogen) atoms. The van der Waals surface area contributed by atoms with Crippen LogP contribution in [-0.2, 0) is 13.9 Å². The predicted octanol–water partition coefficient (Wildman–Crippen LogP) is 1.41. The van der Waals surface area contributed by atoms with Gasteiger partial charge in [0.1, 0.15) is 0 Å². The fraction of sp³-hybridized carbons (Fsp3) is 0.833. The highest BCUT2D eigenvalue weighted by atomic mass is 31.2. The first-order chi connectivity index (χ1) is 4.98. The summed E-state index contributed by atoms with van der Waals surface area (Å²) in [6.45, 7) is 3.56. The van der Waals surface area contributed by atoms with Gasteiger partial charge in [-0.15, -0.1) is 0 Å². The van der Waals surface area contributed by atoms with Crippen molar-refractivity contribution in [3.8, 4) is 0 Å². The standard InChI is InChI=1S/C6H13O4P/c1-3-10-11(2,9)5-4-6(7)8/h3-5H2,1-2H3,(H,7,8)/t11-/m0/s1. The summed E-state index contributed by atoms with van der Waals surface area (Å²) in [6.07, 6.45) is 0.0317. The molecule has 0 unspecified atom stereocenters. The number of carboxylic acid groups (broad SMARTS) is 1. The fourth-order valence-electron chi connectivity index (χ4n) is 0.636. The maximum absolute atomic E-state index is 11.2. The van der Waals surface area contributed by atoms with E-state index in [1.807, 2.05) is 0 Å². The third-order valence-electron chi connectivity index (χ3n) is 1.13. The van der Waals surface area contributed by atoms with Gasteiger partial charge in [-0.3, -0.25) is 9.36 Å². The number of aliphatic carboxylic acids is 1. The summed E-state index contributed by atoms with van der Waals surface area (Å²) < 4.78 is 16.1. The third-order valence-corrected chi connectivity index (χ3v) is 2.97. The van der Waals surface area contributed by atoms with E-state index in [1.165, 1.54) is 6.66 Å². The van der Waals surface area contributed by atoms with Gasteiger partial charge in [0.15, 0.2) is 0 Å². The van der Waals surface area contributed by atoms with Crippen LogP contribution in [0.25, 0.3) is 0 Å². The van der Waals surface area contributed by atoms with Crippen molar-refractivity contribution in [3.05, 3.63) is 0 Å². The molecular weight excluding hydrogens is 167 g/mol. The summed E-state index contributed by atoms with van der Waals surface area (Å²) in [5.41, 5.74) is 0. The van der Waals surface area contributed by atoms with Crippen LogP contribution >= 0.6 is 7.37 Å². The lowest BCUT2D eigenvalue weighted by Gasteiger charge is -2.09. The maximum Gasteiger partial charge on any atom is 0.303 e. The molecule has 0 spiro atoms. The van der Waals surface area contributed by atoms with Gasteiger partial charge in [-0.05, 0) is 6.92 Å². The van der Waals surface area contributed by atoms with Crippen molar-refractivity contribution >= 4 is 13.3 Å². The molecule has 0 bridgehead atoms. The Bertz CT molecular complexity index is 177. The predicted molar refractivity (Wildman–Crippen MR) is 42.3 cm³/mol. The zero-order valence-electron chi connectivity index (χ0n) is 6.74. The average Bonchev–Trinajstić information content (AvgIpc) is 1.84. The first-order valence-electron chi connectivity index (χ1n) is 3.41. The summed E-state index contributed by atoms with van der Waals surface area (Å²) >= 11 is 0. The van der Waals surface area contributed by atoms with Gasteiger partial charge in [-0.2, -0.15) is 0 Å². The largest absolute Gasteiger partial charge is 0.481 e. The van der Waals surface area contributed by atoms with Crippen molar-refractivity contribution in [1.82, 2.24) is 0 Å². The molecule has 5 heteroatoms. The quantitative estimate of drug-likeness (QED) is 0.649. The van der Waals surface area contributed by atoms with Crippen LogP contribution in [0, 0.1) is 0 Å². The van der Waals surface area contributed by atoms with E-state index in [-0.39, 0.29) is 12.6 Å². The lowest BCUT2D eigenvalue weighted by molar-refractivity contribution is -0.136. The monoisotopic (exact) mass is 180 g/mol. The van der Waals surface area contributed by atoms with Gasteiger partial charge in [-0.25, -0.2) is 0 Å². The van der Waals surface area contributed by atoms with Gasteiger partial charge in [0, 0.05) is 12.8 Å². The van der Waals surface area contributed by atoms with Crippen molar-refractivity contribution in [3.63, 3.8) is 0 Å². The highest BCUT2D eigenvalue weighted by molar-refractivity contribution is 7.58. The molecule has 0 saturated carbocycles. The molecule has 0 saturated heterocycles. The first kappa shape index (κ1) is 10.7. The van der Waals surface area contributed by atoms with E-state index in [4.69, 9.17) is 9.63 Å². The number of rotatable bonds is 5. The molecule has 0 aliphatic heterocycles. The maximum atomic E-state index is 11.2. The molecule has 1 N–H and O–H groups in total. The smallest absolute Gasteiger partial charge is 0.303 e. The van der Waals surface area contributed by atoms with Gasteiger partial charge < -0.3 is 9.63 Å². The molecule has 0 rings (SSSR count). The van der Waals surface area contributed by atoms with E-state index < -0.39 is 13.3 Å². The molecule has 0 radical (unpaired) electrons. The Morgan fingerprint density at radius 2 is 2.18 bits per heavy atom. The van der Waals surface area contributed by atoms with Crippen LogP contribution < -0.4 is 0 Å². The second-order valence-electron chi connectivity index (χ2n) is 2.30. The van der Waals surface area contributed by atoms with Gasteiger partial charge >= 0.3 is 5.97 Å². The molecule has 0 aliphatic rings. The minimum Gasteiger partial charge on any atom is -0.481 e. The topological polar surface area (TPSA) is 63.6 Å². The molecular formula is C6H13O4P. The minimum atomic E-state index is -2.63. The van der Waals surface area contributed by atoms with E-state index in [2.05, 4.69) is 0 Å². The highest BCUT2D eigenvalue weighted by Gasteiger charge is 2.16. The molecule has 0 aromatic heterocycles. The SMILES string of the molecule is CCO[P@](C)(=O)CCC(=O)O. The Balaban J connectivity index is 3.73. The summed E-state index contributed by atoms with van der Waals surface area (Å²) in [5.74, 6) is -0.938. The summed E-state index contributed by atoms with van der Waals surface area (Å²) in [7, 11) is -2.63. The molecule has 0 amide bonds. The Morgan fingerprint density at radius 3 is 2.55 bits per heavy atom. The molecule has 4 nitrogen and oxygen atoms in total. The summed E-state index contributed by atoms with van der Waals surface area (Å²) in [4.78, 5) is 10.1.